The molecule has 0 spiro atoms. The van der Waals surface area contributed by atoms with Crippen LogP contribution in [0.25, 0.3) is 9.40 Å². The van der Waals surface area contributed by atoms with E-state index in [4.69, 9.17) is 0 Å². The minimum absolute atomic E-state index is 0.150. The normalized spacial score (nSPS) is 11.1. The molecule has 3 rings (SSSR count). The third kappa shape index (κ3) is 2.03. The van der Waals surface area contributed by atoms with Crippen molar-refractivity contribution in [2.45, 2.75) is 6.42 Å². The van der Waals surface area contributed by atoms with Crippen LogP contribution in [0.3, 0.4) is 0 Å². The molecule has 0 atom stereocenters. The number of aryl methyl sites for hydroxylation is 1. The van der Waals surface area contributed by atoms with Gasteiger partial charge in [-0.2, -0.15) is 5.10 Å². The van der Waals surface area contributed by atoms with Crippen LogP contribution in [0.4, 0.5) is 0 Å². The van der Waals surface area contributed by atoms with Crippen molar-refractivity contribution in [3.63, 3.8) is 0 Å². The lowest BCUT2D eigenvalue weighted by atomic mass is 10.2. The highest BCUT2D eigenvalue weighted by molar-refractivity contribution is 7.27. The largest absolute Gasteiger partial charge is 0.293 e. The van der Waals surface area contributed by atoms with Crippen LogP contribution in [-0.4, -0.2) is 15.6 Å². The van der Waals surface area contributed by atoms with Crippen molar-refractivity contribution in [2.24, 2.45) is 7.05 Å². The first-order valence-corrected chi connectivity index (χ1v) is 6.91. The summed E-state index contributed by atoms with van der Waals surface area (Å²) in [5.41, 5.74) is 0.828. The predicted octanol–water partition coefficient (Wildman–Crippen LogP) is 3.12. The average molecular weight is 262 g/mol. The second-order valence-corrected chi connectivity index (χ2v) is 5.87. The fourth-order valence-corrected chi connectivity index (χ4v) is 3.76. The highest BCUT2D eigenvalue weighted by Gasteiger charge is 2.12. The van der Waals surface area contributed by atoms with Gasteiger partial charge in [0.2, 0.25) is 0 Å². The standard InChI is InChI=1S/C12H10N2OS2/c1-14-4-2-8(13-14)6-9(15)11-7-12-10(17-11)3-5-16-12/h2-5,7H,6H2,1H3. The van der Waals surface area contributed by atoms with Gasteiger partial charge in [-0.3, -0.25) is 9.48 Å². The first-order chi connectivity index (χ1) is 8.22. The lowest BCUT2D eigenvalue weighted by Crippen LogP contribution is -2.02. The van der Waals surface area contributed by atoms with Crippen LogP contribution >= 0.6 is 22.7 Å². The van der Waals surface area contributed by atoms with Crippen molar-refractivity contribution in [3.8, 4) is 0 Å². The maximum Gasteiger partial charge on any atom is 0.178 e. The zero-order valence-corrected chi connectivity index (χ0v) is 10.8. The highest BCUT2D eigenvalue weighted by Crippen LogP contribution is 2.30. The highest BCUT2D eigenvalue weighted by atomic mass is 32.1. The Morgan fingerprint density at radius 3 is 3.00 bits per heavy atom. The molecule has 3 aromatic rings. The molecule has 17 heavy (non-hydrogen) atoms. The van der Waals surface area contributed by atoms with Gasteiger partial charge in [-0.1, -0.05) is 0 Å². The van der Waals surface area contributed by atoms with Crippen LogP contribution in [0.15, 0.2) is 29.8 Å². The van der Waals surface area contributed by atoms with Gasteiger partial charge in [-0.15, -0.1) is 22.7 Å². The first-order valence-electron chi connectivity index (χ1n) is 5.21. The molecule has 0 saturated carbocycles. The number of rotatable bonds is 3. The molecule has 0 aromatic carbocycles. The van der Waals surface area contributed by atoms with E-state index in [1.165, 1.54) is 9.40 Å². The second-order valence-electron chi connectivity index (χ2n) is 3.84. The third-order valence-corrected chi connectivity index (χ3v) is 4.66. The van der Waals surface area contributed by atoms with Crippen molar-refractivity contribution in [3.05, 3.63) is 40.3 Å². The molecule has 0 amide bonds. The Kier molecular flexibility index (Phi) is 2.57. The molecule has 0 aliphatic carbocycles. The summed E-state index contributed by atoms with van der Waals surface area (Å²) in [5, 5.41) is 6.27. The number of hydrogen-bond donors (Lipinski definition) is 0. The molecule has 0 saturated heterocycles. The molecule has 3 aromatic heterocycles. The van der Waals surface area contributed by atoms with E-state index in [1.54, 1.807) is 27.4 Å². The van der Waals surface area contributed by atoms with E-state index in [2.05, 4.69) is 11.2 Å². The monoisotopic (exact) mass is 262 g/mol. The topological polar surface area (TPSA) is 34.9 Å². The fraction of sp³-hybridized carbons (Fsp3) is 0.167. The van der Waals surface area contributed by atoms with E-state index in [9.17, 15) is 4.79 Å². The van der Waals surface area contributed by atoms with Crippen LogP contribution in [-0.2, 0) is 13.5 Å². The lowest BCUT2D eigenvalue weighted by molar-refractivity contribution is 0.0996. The van der Waals surface area contributed by atoms with Gasteiger partial charge in [0.25, 0.3) is 0 Å². The Balaban J connectivity index is 1.84. The molecule has 0 aliphatic rings. The zero-order valence-electron chi connectivity index (χ0n) is 9.21. The van der Waals surface area contributed by atoms with E-state index in [-0.39, 0.29) is 5.78 Å². The van der Waals surface area contributed by atoms with Crippen LogP contribution in [0, 0.1) is 0 Å². The summed E-state index contributed by atoms with van der Waals surface area (Å²) in [5.74, 6) is 0.150. The van der Waals surface area contributed by atoms with Gasteiger partial charge in [0, 0.05) is 22.6 Å². The Hall–Kier alpha value is -1.46. The third-order valence-electron chi connectivity index (χ3n) is 2.52. The van der Waals surface area contributed by atoms with E-state index < -0.39 is 0 Å². The number of hydrogen-bond acceptors (Lipinski definition) is 4. The lowest BCUT2D eigenvalue weighted by Gasteiger charge is -1.93. The first kappa shape index (κ1) is 10.7. The molecule has 3 heterocycles. The molecule has 3 nitrogen and oxygen atoms in total. The van der Waals surface area contributed by atoms with Gasteiger partial charge in [0.15, 0.2) is 5.78 Å². The molecule has 0 fully saturated rings. The van der Waals surface area contributed by atoms with Gasteiger partial charge in [0.05, 0.1) is 17.0 Å². The summed E-state index contributed by atoms with van der Waals surface area (Å²) in [6.07, 6.45) is 2.24. The van der Waals surface area contributed by atoms with Crippen LogP contribution in [0.1, 0.15) is 15.4 Å². The molecule has 0 radical (unpaired) electrons. The van der Waals surface area contributed by atoms with E-state index in [0.29, 0.717) is 6.42 Å². The number of Topliss-reactive ketones (excluding diaryl/α,β-unsaturated/α-hetero) is 1. The maximum absolute atomic E-state index is 12.1. The maximum atomic E-state index is 12.1. The summed E-state index contributed by atoms with van der Waals surface area (Å²) >= 11 is 3.24. The molecule has 86 valence electrons. The second kappa shape index (κ2) is 4.09. The smallest absolute Gasteiger partial charge is 0.178 e. The summed E-state index contributed by atoms with van der Waals surface area (Å²) in [6, 6.07) is 5.92. The number of nitrogens with zero attached hydrogens (tertiary/aromatic N) is 2. The van der Waals surface area contributed by atoms with E-state index >= 15 is 0 Å². The van der Waals surface area contributed by atoms with Crippen molar-refractivity contribution < 1.29 is 4.79 Å². The quantitative estimate of drug-likeness (QED) is 0.680. The molecule has 0 bridgehead atoms. The van der Waals surface area contributed by atoms with Gasteiger partial charge in [-0.05, 0) is 23.6 Å². The Morgan fingerprint density at radius 2 is 2.29 bits per heavy atom. The number of fused-ring (bicyclic) bond motifs is 1. The summed E-state index contributed by atoms with van der Waals surface area (Å²) in [6.45, 7) is 0. The average Bonchev–Trinajstić information content (AvgIpc) is 2.92. The van der Waals surface area contributed by atoms with Crippen LogP contribution in [0.5, 0.6) is 0 Å². The number of carbonyl (C=O) groups excluding carboxylic acids is 1. The molecule has 0 aliphatic heterocycles. The Morgan fingerprint density at radius 1 is 1.41 bits per heavy atom. The predicted molar refractivity (Wildman–Crippen MR) is 70.9 cm³/mol. The number of ketones is 1. The van der Waals surface area contributed by atoms with Crippen molar-refractivity contribution in [2.75, 3.05) is 0 Å². The minimum Gasteiger partial charge on any atom is -0.293 e. The molecule has 0 unspecified atom stereocenters. The Labute approximate surface area is 106 Å². The number of carbonyl (C=O) groups is 1. The van der Waals surface area contributed by atoms with E-state index in [1.807, 2.05) is 30.8 Å². The van der Waals surface area contributed by atoms with Crippen LogP contribution in [0.2, 0.25) is 0 Å². The van der Waals surface area contributed by atoms with Crippen molar-refractivity contribution in [1.82, 2.24) is 9.78 Å². The summed E-state index contributed by atoms with van der Waals surface area (Å²) < 4.78 is 4.11. The molecular formula is C12H10N2OS2. The fourth-order valence-electron chi connectivity index (χ4n) is 1.71. The molecule has 0 N–H and O–H groups in total. The van der Waals surface area contributed by atoms with E-state index in [0.717, 1.165) is 10.6 Å². The van der Waals surface area contributed by atoms with Gasteiger partial charge in [-0.25, -0.2) is 0 Å². The minimum atomic E-state index is 0.150. The Bertz CT molecular complexity index is 649. The van der Waals surface area contributed by atoms with Gasteiger partial charge < -0.3 is 0 Å². The van der Waals surface area contributed by atoms with Crippen molar-refractivity contribution >= 4 is 37.9 Å². The van der Waals surface area contributed by atoms with Gasteiger partial charge >= 0.3 is 0 Å². The number of aromatic nitrogens is 2. The van der Waals surface area contributed by atoms with Crippen LogP contribution < -0.4 is 0 Å². The molecule has 5 heteroatoms. The van der Waals surface area contributed by atoms with Crippen molar-refractivity contribution in [1.29, 1.82) is 0 Å². The zero-order chi connectivity index (χ0) is 11.8. The summed E-state index contributed by atoms with van der Waals surface area (Å²) in [7, 11) is 1.86. The SMILES string of the molecule is Cn1ccc(CC(=O)c2cc3sccc3s2)n1. The summed E-state index contributed by atoms with van der Waals surface area (Å²) in [4.78, 5) is 12.9. The number of thiophene rings is 2. The molecular weight excluding hydrogens is 252 g/mol. The van der Waals surface area contributed by atoms with Gasteiger partial charge in [0.1, 0.15) is 0 Å².